The fourth-order valence-electron chi connectivity index (χ4n) is 2.80. The number of nitrogens with zero attached hydrogens (tertiary/aromatic N) is 1. The fraction of sp³-hybridized carbons (Fsp3) is 0.263. The van der Waals surface area contributed by atoms with Crippen LogP contribution in [0.15, 0.2) is 42.5 Å². The zero-order valence-electron chi connectivity index (χ0n) is 14.2. The molecule has 0 bridgehead atoms. The summed E-state index contributed by atoms with van der Waals surface area (Å²) in [6.07, 6.45) is 0.288. The lowest BCUT2D eigenvalue weighted by molar-refractivity contribution is -0.117. The number of halogens is 1. The third-order valence-corrected chi connectivity index (χ3v) is 4.64. The monoisotopic (exact) mass is 357 g/mol. The van der Waals surface area contributed by atoms with Crippen LogP contribution >= 0.6 is 11.6 Å². The van der Waals surface area contributed by atoms with Gasteiger partial charge in [-0.3, -0.25) is 4.79 Å². The van der Waals surface area contributed by atoms with Crippen molar-refractivity contribution in [1.29, 1.82) is 0 Å². The van der Waals surface area contributed by atoms with Crippen LogP contribution in [0, 0.1) is 13.8 Å². The fourth-order valence-corrected chi connectivity index (χ4v) is 2.98. The van der Waals surface area contributed by atoms with Gasteiger partial charge in [0.05, 0.1) is 6.04 Å². The van der Waals surface area contributed by atoms with E-state index in [9.17, 15) is 9.59 Å². The van der Waals surface area contributed by atoms with E-state index in [1.54, 1.807) is 17.0 Å². The van der Waals surface area contributed by atoms with Crippen LogP contribution in [-0.2, 0) is 4.79 Å². The van der Waals surface area contributed by atoms with E-state index in [0.29, 0.717) is 17.3 Å². The first-order chi connectivity index (χ1) is 11.9. The van der Waals surface area contributed by atoms with Crippen molar-refractivity contribution >= 4 is 34.9 Å². The summed E-state index contributed by atoms with van der Waals surface area (Å²) in [4.78, 5) is 26.1. The van der Waals surface area contributed by atoms with Gasteiger partial charge < -0.3 is 15.5 Å². The first-order valence-electron chi connectivity index (χ1n) is 8.13. The Morgan fingerprint density at radius 3 is 2.56 bits per heavy atom. The van der Waals surface area contributed by atoms with Gasteiger partial charge in [0.15, 0.2) is 0 Å². The van der Waals surface area contributed by atoms with E-state index in [-0.39, 0.29) is 24.4 Å². The number of anilines is 2. The zero-order chi connectivity index (χ0) is 18.0. The molecular formula is C19H20ClN3O2. The van der Waals surface area contributed by atoms with Crippen LogP contribution in [0.1, 0.15) is 17.5 Å². The Balaban J connectivity index is 1.60. The van der Waals surface area contributed by atoms with Crippen molar-refractivity contribution in [3.8, 4) is 0 Å². The van der Waals surface area contributed by atoms with Gasteiger partial charge in [0, 0.05) is 29.4 Å². The second-order valence-corrected chi connectivity index (χ2v) is 6.71. The number of rotatable bonds is 3. The predicted octanol–water partition coefficient (Wildman–Crippen LogP) is 3.88. The molecule has 2 aromatic carbocycles. The maximum absolute atomic E-state index is 12.2. The topological polar surface area (TPSA) is 61.4 Å². The first kappa shape index (κ1) is 17.3. The smallest absolute Gasteiger partial charge is 0.319 e. The normalized spacial score (nSPS) is 16.8. The van der Waals surface area contributed by atoms with Crippen molar-refractivity contribution < 1.29 is 9.59 Å². The number of aryl methyl sites for hydroxylation is 2. The van der Waals surface area contributed by atoms with E-state index in [1.165, 1.54) is 0 Å². The van der Waals surface area contributed by atoms with Crippen molar-refractivity contribution in [3.63, 3.8) is 0 Å². The summed E-state index contributed by atoms with van der Waals surface area (Å²) in [7, 11) is 0. The molecule has 1 fully saturated rings. The Bertz CT molecular complexity index is 805. The molecular weight excluding hydrogens is 338 g/mol. The summed E-state index contributed by atoms with van der Waals surface area (Å²) in [5.41, 5.74) is 3.56. The summed E-state index contributed by atoms with van der Waals surface area (Å²) in [5.74, 6) is 0.00698. The van der Waals surface area contributed by atoms with E-state index in [0.717, 1.165) is 16.8 Å². The van der Waals surface area contributed by atoms with Gasteiger partial charge in [-0.1, -0.05) is 35.4 Å². The maximum Gasteiger partial charge on any atom is 0.319 e. The van der Waals surface area contributed by atoms with Crippen LogP contribution in [0.3, 0.4) is 0 Å². The second kappa shape index (κ2) is 7.15. The van der Waals surface area contributed by atoms with Crippen LogP contribution in [0.4, 0.5) is 16.2 Å². The molecule has 2 N–H and O–H groups in total. The Labute approximate surface area is 152 Å². The van der Waals surface area contributed by atoms with E-state index in [1.807, 2.05) is 44.2 Å². The average molecular weight is 358 g/mol. The van der Waals surface area contributed by atoms with Crippen molar-refractivity contribution in [1.82, 2.24) is 5.32 Å². The molecule has 0 unspecified atom stereocenters. The van der Waals surface area contributed by atoms with Gasteiger partial charge in [-0.2, -0.15) is 0 Å². The highest BCUT2D eigenvalue weighted by molar-refractivity contribution is 6.31. The van der Waals surface area contributed by atoms with Gasteiger partial charge in [0.1, 0.15) is 0 Å². The largest absolute Gasteiger partial charge is 0.333 e. The first-order valence-corrected chi connectivity index (χ1v) is 8.51. The number of benzene rings is 2. The molecule has 5 nitrogen and oxygen atoms in total. The lowest BCUT2D eigenvalue weighted by Gasteiger charge is -2.17. The van der Waals surface area contributed by atoms with Crippen LogP contribution in [0.2, 0.25) is 5.02 Å². The van der Waals surface area contributed by atoms with Gasteiger partial charge >= 0.3 is 6.03 Å². The minimum absolute atomic E-state index is 0.00698. The number of amides is 3. The highest BCUT2D eigenvalue weighted by Gasteiger charge is 2.31. The molecule has 3 rings (SSSR count). The zero-order valence-corrected chi connectivity index (χ0v) is 14.9. The van der Waals surface area contributed by atoms with E-state index < -0.39 is 0 Å². The molecule has 1 aliphatic rings. The van der Waals surface area contributed by atoms with Crippen molar-refractivity contribution in [2.45, 2.75) is 26.3 Å². The third kappa shape index (κ3) is 4.12. The lowest BCUT2D eigenvalue weighted by atomic mass is 10.2. The van der Waals surface area contributed by atoms with Gasteiger partial charge in [0.25, 0.3) is 0 Å². The number of urea groups is 1. The average Bonchev–Trinajstić information content (AvgIpc) is 2.92. The Kier molecular flexibility index (Phi) is 4.95. The number of hydrogen-bond acceptors (Lipinski definition) is 2. The van der Waals surface area contributed by atoms with Gasteiger partial charge in [0.2, 0.25) is 5.91 Å². The molecule has 0 aromatic heterocycles. The maximum atomic E-state index is 12.2. The summed E-state index contributed by atoms with van der Waals surface area (Å²) in [6.45, 7) is 4.36. The third-order valence-electron chi connectivity index (χ3n) is 4.24. The number of hydrogen-bond donors (Lipinski definition) is 2. The molecule has 0 aliphatic carbocycles. The molecule has 0 saturated carbocycles. The second-order valence-electron chi connectivity index (χ2n) is 6.30. The number of nitrogens with one attached hydrogen (secondary N) is 2. The van der Waals surface area contributed by atoms with Gasteiger partial charge in [-0.15, -0.1) is 0 Å². The van der Waals surface area contributed by atoms with Crippen LogP contribution in [0.5, 0.6) is 0 Å². The quantitative estimate of drug-likeness (QED) is 0.875. The number of carbonyl (C=O) groups is 2. The van der Waals surface area contributed by atoms with Gasteiger partial charge in [-0.25, -0.2) is 4.79 Å². The number of carbonyl (C=O) groups excluding carboxylic acids is 2. The minimum Gasteiger partial charge on any atom is -0.333 e. The molecule has 130 valence electrons. The van der Waals surface area contributed by atoms with E-state index in [4.69, 9.17) is 11.6 Å². The predicted molar refractivity (Wildman–Crippen MR) is 100 cm³/mol. The van der Waals surface area contributed by atoms with Crippen molar-refractivity contribution in [2.24, 2.45) is 0 Å². The highest BCUT2D eigenvalue weighted by Crippen LogP contribution is 2.23. The SMILES string of the molecule is Cc1ccc(N2C[C@@H](NC(=O)Nc3ccc(C)c(Cl)c3)CC2=O)cc1. The van der Waals surface area contributed by atoms with Crippen LogP contribution in [0.25, 0.3) is 0 Å². The summed E-state index contributed by atoms with van der Waals surface area (Å²) < 4.78 is 0. The highest BCUT2D eigenvalue weighted by atomic mass is 35.5. The molecule has 2 aromatic rings. The molecule has 0 spiro atoms. The van der Waals surface area contributed by atoms with Crippen molar-refractivity contribution in [2.75, 3.05) is 16.8 Å². The molecule has 6 heteroatoms. The van der Waals surface area contributed by atoms with Crippen LogP contribution in [-0.4, -0.2) is 24.5 Å². The minimum atomic E-state index is -0.344. The molecule has 3 amide bonds. The molecule has 1 atom stereocenters. The Morgan fingerprint density at radius 2 is 1.88 bits per heavy atom. The summed E-state index contributed by atoms with van der Waals surface area (Å²) in [5, 5.41) is 6.19. The standard InChI is InChI=1S/C19H20ClN3O2/c1-12-3-7-16(8-4-12)23-11-15(10-18(23)24)22-19(25)21-14-6-5-13(2)17(20)9-14/h3-9,15H,10-11H2,1-2H3,(H2,21,22,25)/t15-/m0/s1. The van der Waals surface area contributed by atoms with Gasteiger partial charge in [-0.05, 0) is 43.7 Å². The molecule has 1 heterocycles. The molecule has 0 radical (unpaired) electrons. The Hall–Kier alpha value is -2.53. The van der Waals surface area contributed by atoms with Crippen LogP contribution < -0.4 is 15.5 Å². The Morgan fingerprint density at radius 1 is 1.16 bits per heavy atom. The summed E-state index contributed by atoms with van der Waals surface area (Å²) >= 11 is 6.06. The molecule has 1 aliphatic heterocycles. The lowest BCUT2D eigenvalue weighted by Crippen LogP contribution is -2.39. The van der Waals surface area contributed by atoms with E-state index in [2.05, 4.69) is 10.6 Å². The molecule has 1 saturated heterocycles. The summed E-state index contributed by atoms with van der Waals surface area (Å²) in [6, 6.07) is 12.5. The van der Waals surface area contributed by atoms with E-state index >= 15 is 0 Å². The van der Waals surface area contributed by atoms with Crippen molar-refractivity contribution in [3.05, 3.63) is 58.6 Å². The molecule has 25 heavy (non-hydrogen) atoms.